The van der Waals surface area contributed by atoms with Crippen molar-refractivity contribution in [3.05, 3.63) is 58.6 Å². The highest BCUT2D eigenvalue weighted by molar-refractivity contribution is 6.31. The van der Waals surface area contributed by atoms with Crippen LogP contribution in [0.5, 0.6) is 0 Å². The van der Waals surface area contributed by atoms with Gasteiger partial charge in [0.15, 0.2) is 0 Å². The summed E-state index contributed by atoms with van der Waals surface area (Å²) in [6, 6.07) is 12.6. The van der Waals surface area contributed by atoms with Crippen molar-refractivity contribution in [3.63, 3.8) is 0 Å². The van der Waals surface area contributed by atoms with E-state index in [9.17, 15) is 4.79 Å². The predicted octanol–water partition coefficient (Wildman–Crippen LogP) is 4.47. The number of amides is 1. The van der Waals surface area contributed by atoms with Crippen LogP contribution < -0.4 is 11.1 Å². The zero-order valence-corrected chi connectivity index (χ0v) is 13.2. The van der Waals surface area contributed by atoms with Crippen molar-refractivity contribution < 1.29 is 4.79 Å². The quantitative estimate of drug-likeness (QED) is 0.804. The molecule has 2 aromatic rings. The van der Waals surface area contributed by atoms with Crippen LogP contribution in [0.4, 0.5) is 11.4 Å². The SMILES string of the molecule is CC(C)(C)c1ccc(C(=O)Nc2ccc(Cl)cc2N)cc1. The van der Waals surface area contributed by atoms with Crippen molar-refractivity contribution in [2.24, 2.45) is 0 Å². The monoisotopic (exact) mass is 302 g/mol. The van der Waals surface area contributed by atoms with Crippen LogP contribution in [0, 0.1) is 0 Å². The third kappa shape index (κ3) is 3.76. The van der Waals surface area contributed by atoms with Crippen LogP contribution in [0.1, 0.15) is 36.7 Å². The Morgan fingerprint density at radius 1 is 1.10 bits per heavy atom. The predicted molar refractivity (Wildman–Crippen MR) is 89.0 cm³/mol. The van der Waals surface area contributed by atoms with Gasteiger partial charge in [0.25, 0.3) is 5.91 Å². The Balaban J connectivity index is 2.17. The number of nitrogens with one attached hydrogen (secondary N) is 1. The topological polar surface area (TPSA) is 55.1 Å². The molecule has 0 heterocycles. The van der Waals surface area contributed by atoms with Crippen LogP contribution in [-0.4, -0.2) is 5.91 Å². The minimum atomic E-state index is -0.190. The maximum Gasteiger partial charge on any atom is 0.255 e. The highest BCUT2D eigenvalue weighted by Gasteiger charge is 2.14. The lowest BCUT2D eigenvalue weighted by Gasteiger charge is -2.19. The maximum absolute atomic E-state index is 12.2. The van der Waals surface area contributed by atoms with E-state index >= 15 is 0 Å². The second-order valence-corrected chi connectivity index (χ2v) is 6.45. The van der Waals surface area contributed by atoms with Gasteiger partial charge in [-0.1, -0.05) is 44.5 Å². The summed E-state index contributed by atoms with van der Waals surface area (Å²) >= 11 is 5.84. The lowest BCUT2D eigenvalue weighted by molar-refractivity contribution is 0.102. The molecular formula is C17H19ClN2O. The molecule has 0 saturated heterocycles. The summed E-state index contributed by atoms with van der Waals surface area (Å²) in [5, 5.41) is 3.33. The fraction of sp³-hybridized carbons (Fsp3) is 0.235. The Bertz CT molecular complexity index is 657. The molecule has 0 saturated carbocycles. The number of rotatable bonds is 2. The van der Waals surface area contributed by atoms with E-state index in [4.69, 9.17) is 17.3 Å². The number of benzene rings is 2. The Hall–Kier alpha value is -2.00. The highest BCUT2D eigenvalue weighted by atomic mass is 35.5. The molecule has 4 heteroatoms. The third-order valence-corrected chi connectivity index (χ3v) is 3.51. The second kappa shape index (κ2) is 5.78. The van der Waals surface area contributed by atoms with Gasteiger partial charge in [-0.25, -0.2) is 0 Å². The molecule has 21 heavy (non-hydrogen) atoms. The molecular weight excluding hydrogens is 284 g/mol. The van der Waals surface area contributed by atoms with Gasteiger partial charge in [-0.05, 0) is 41.3 Å². The Kier molecular flexibility index (Phi) is 4.24. The number of hydrogen-bond acceptors (Lipinski definition) is 2. The smallest absolute Gasteiger partial charge is 0.255 e. The van der Waals surface area contributed by atoms with Crippen LogP contribution in [0.25, 0.3) is 0 Å². The van der Waals surface area contributed by atoms with Gasteiger partial charge in [-0.2, -0.15) is 0 Å². The lowest BCUT2D eigenvalue weighted by Crippen LogP contribution is -2.15. The van der Waals surface area contributed by atoms with Gasteiger partial charge in [0, 0.05) is 10.6 Å². The largest absolute Gasteiger partial charge is 0.397 e. The van der Waals surface area contributed by atoms with Crippen molar-refractivity contribution in [2.45, 2.75) is 26.2 Å². The molecule has 0 aliphatic heterocycles. The fourth-order valence-corrected chi connectivity index (χ4v) is 2.14. The maximum atomic E-state index is 12.2. The van der Waals surface area contributed by atoms with Gasteiger partial charge in [0.1, 0.15) is 0 Å². The van der Waals surface area contributed by atoms with Crippen LogP contribution in [0.3, 0.4) is 0 Å². The van der Waals surface area contributed by atoms with Crippen LogP contribution in [0.2, 0.25) is 5.02 Å². The van der Waals surface area contributed by atoms with Crippen molar-refractivity contribution >= 4 is 28.9 Å². The summed E-state index contributed by atoms with van der Waals surface area (Å²) in [6.45, 7) is 6.41. The van der Waals surface area contributed by atoms with E-state index in [1.807, 2.05) is 24.3 Å². The van der Waals surface area contributed by atoms with Crippen LogP contribution in [0.15, 0.2) is 42.5 Å². The van der Waals surface area contributed by atoms with Crippen molar-refractivity contribution in [1.82, 2.24) is 0 Å². The number of carbonyl (C=O) groups is 1. The molecule has 2 aromatic carbocycles. The average Bonchev–Trinajstić information content (AvgIpc) is 2.41. The van der Waals surface area contributed by atoms with Crippen molar-refractivity contribution in [2.75, 3.05) is 11.1 Å². The second-order valence-electron chi connectivity index (χ2n) is 6.01. The number of halogens is 1. The van der Waals surface area contributed by atoms with Gasteiger partial charge in [-0.3, -0.25) is 4.79 Å². The fourth-order valence-electron chi connectivity index (χ4n) is 1.96. The normalized spacial score (nSPS) is 11.2. The number of anilines is 2. The molecule has 0 radical (unpaired) electrons. The minimum Gasteiger partial charge on any atom is -0.397 e. The molecule has 110 valence electrons. The molecule has 3 N–H and O–H groups in total. The number of nitrogens with two attached hydrogens (primary N) is 1. The first-order chi connectivity index (χ1) is 9.77. The first-order valence-electron chi connectivity index (χ1n) is 6.74. The van der Waals surface area contributed by atoms with Crippen molar-refractivity contribution in [3.8, 4) is 0 Å². The Morgan fingerprint density at radius 3 is 2.24 bits per heavy atom. The van der Waals surface area contributed by atoms with E-state index in [0.29, 0.717) is 22.0 Å². The molecule has 0 bridgehead atoms. The molecule has 3 nitrogen and oxygen atoms in total. The average molecular weight is 303 g/mol. The molecule has 0 aliphatic carbocycles. The Labute approximate surface area is 130 Å². The summed E-state index contributed by atoms with van der Waals surface area (Å²) in [5.74, 6) is -0.190. The third-order valence-electron chi connectivity index (χ3n) is 3.27. The lowest BCUT2D eigenvalue weighted by atomic mass is 9.87. The van der Waals surface area contributed by atoms with E-state index in [1.165, 1.54) is 5.56 Å². The van der Waals surface area contributed by atoms with E-state index in [1.54, 1.807) is 18.2 Å². The Morgan fingerprint density at radius 2 is 1.71 bits per heavy atom. The molecule has 1 amide bonds. The summed E-state index contributed by atoms with van der Waals surface area (Å²) < 4.78 is 0. The number of carbonyl (C=O) groups excluding carboxylic acids is 1. The first-order valence-corrected chi connectivity index (χ1v) is 7.12. The molecule has 0 aliphatic rings. The first kappa shape index (κ1) is 15.4. The minimum absolute atomic E-state index is 0.0651. The van der Waals surface area contributed by atoms with Gasteiger partial charge in [-0.15, -0.1) is 0 Å². The zero-order valence-electron chi connectivity index (χ0n) is 12.4. The molecule has 0 atom stereocenters. The number of hydrogen-bond donors (Lipinski definition) is 2. The van der Waals surface area contributed by atoms with Crippen LogP contribution >= 0.6 is 11.6 Å². The van der Waals surface area contributed by atoms with Gasteiger partial charge in [0.05, 0.1) is 11.4 Å². The summed E-state index contributed by atoms with van der Waals surface area (Å²) in [4.78, 5) is 12.2. The molecule has 0 fully saturated rings. The van der Waals surface area contributed by atoms with E-state index < -0.39 is 0 Å². The molecule has 0 unspecified atom stereocenters. The van der Waals surface area contributed by atoms with Gasteiger partial charge >= 0.3 is 0 Å². The van der Waals surface area contributed by atoms with Crippen molar-refractivity contribution in [1.29, 1.82) is 0 Å². The molecule has 0 aromatic heterocycles. The van der Waals surface area contributed by atoms with E-state index in [2.05, 4.69) is 26.1 Å². The van der Waals surface area contributed by atoms with Gasteiger partial charge < -0.3 is 11.1 Å². The summed E-state index contributed by atoms with van der Waals surface area (Å²) in [6.07, 6.45) is 0. The number of nitrogen functional groups attached to an aromatic ring is 1. The summed E-state index contributed by atoms with van der Waals surface area (Å²) in [5.41, 5.74) is 8.68. The zero-order chi connectivity index (χ0) is 15.6. The van der Waals surface area contributed by atoms with E-state index in [0.717, 1.165) is 0 Å². The van der Waals surface area contributed by atoms with Crippen LogP contribution in [-0.2, 0) is 5.41 Å². The van der Waals surface area contributed by atoms with E-state index in [-0.39, 0.29) is 11.3 Å². The standard InChI is InChI=1S/C17H19ClN2O/c1-17(2,3)12-6-4-11(5-7-12)16(21)20-15-9-8-13(18)10-14(15)19/h4-10H,19H2,1-3H3,(H,20,21). The molecule has 0 spiro atoms. The highest BCUT2D eigenvalue weighted by Crippen LogP contribution is 2.24. The van der Waals surface area contributed by atoms with Gasteiger partial charge in [0.2, 0.25) is 0 Å². The molecule has 2 rings (SSSR count). The summed E-state index contributed by atoms with van der Waals surface area (Å²) in [7, 11) is 0.